The van der Waals surface area contributed by atoms with Crippen LogP contribution in [0.1, 0.15) is 26.3 Å². The first-order chi connectivity index (χ1) is 8.79. The van der Waals surface area contributed by atoms with E-state index in [1.165, 1.54) is 6.08 Å². The Morgan fingerprint density at radius 2 is 1.79 bits per heavy atom. The van der Waals surface area contributed by atoms with Crippen LogP contribution >= 0.6 is 0 Å². The van der Waals surface area contributed by atoms with Gasteiger partial charge in [0, 0.05) is 0 Å². The van der Waals surface area contributed by atoms with Gasteiger partial charge < -0.3 is 14.9 Å². The molecule has 0 spiro atoms. The molecule has 0 fully saturated rings. The number of ether oxygens (including phenoxy) is 1. The lowest BCUT2D eigenvalue weighted by Crippen LogP contribution is -2.38. The molecule has 0 heterocycles. The van der Waals surface area contributed by atoms with E-state index in [4.69, 9.17) is 4.74 Å². The van der Waals surface area contributed by atoms with Crippen LogP contribution in [0.5, 0.6) is 0 Å². The van der Waals surface area contributed by atoms with Gasteiger partial charge in [-0.2, -0.15) is 0 Å². The third-order valence-electron chi connectivity index (χ3n) is 2.26. The van der Waals surface area contributed by atoms with Crippen molar-refractivity contribution in [3.8, 4) is 0 Å². The van der Waals surface area contributed by atoms with Crippen molar-refractivity contribution in [1.29, 1.82) is 0 Å². The molecule has 1 aromatic rings. The van der Waals surface area contributed by atoms with E-state index in [1.807, 2.05) is 30.3 Å². The predicted molar refractivity (Wildman–Crippen MR) is 73.3 cm³/mol. The Labute approximate surface area is 113 Å². The van der Waals surface area contributed by atoms with Gasteiger partial charge in [-0.25, -0.2) is 4.79 Å². The molecule has 0 aromatic heterocycles. The molecule has 1 rings (SSSR count). The molecule has 0 aliphatic heterocycles. The zero-order valence-electron chi connectivity index (χ0n) is 11.4. The number of carbonyl (C=O) groups is 1. The van der Waals surface area contributed by atoms with Crippen molar-refractivity contribution in [2.24, 2.45) is 0 Å². The monoisotopic (exact) mass is 264 g/mol. The van der Waals surface area contributed by atoms with Crippen LogP contribution in [-0.2, 0) is 9.53 Å². The smallest absolute Gasteiger partial charge is 0.338 e. The Bertz CT molecular complexity index is 431. The summed E-state index contributed by atoms with van der Waals surface area (Å²) >= 11 is 0. The fourth-order valence-corrected chi connectivity index (χ4v) is 1.38. The number of aliphatic hydroxyl groups excluding tert-OH is 2. The van der Waals surface area contributed by atoms with Crippen LogP contribution in [0.3, 0.4) is 0 Å². The Morgan fingerprint density at radius 1 is 1.21 bits per heavy atom. The number of aliphatic hydroxyl groups is 2. The highest BCUT2D eigenvalue weighted by Crippen LogP contribution is 2.11. The minimum Gasteiger partial charge on any atom is -0.458 e. The molecule has 0 bridgehead atoms. The van der Waals surface area contributed by atoms with Gasteiger partial charge in [0.15, 0.2) is 6.10 Å². The molecule has 0 amide bonds. The summed E-state index contributed by atoms with van der Waals surface area (Å²) in [7, 11) is 0. The molecule has 0 aliphatic carbocycles. The number of hydrogen-bond acceptors (Lipinski definition) is 4. The number of hydrogen-bond donors (Lipinski definition) is 2. The van der Waals surface area contributed by atoms with Gasteiger partial charge in [0.2, 0.25) is 0 Å². The number of carbonyl (C=O) groups excluding carboxylic acids is 1. The summed E-state index contributed by atoms with van der Waals surface area (Å²) in [6, 6.07) is 9.29. The van der Waals surface area contributed by atoms with Gasteiger partial charge in [-0.15, -0.1) is 0 Å². The van der Waals surface area contributed by atoms with Crippen molar-refractivity contribution in [3.05, 3.63) is 42.0 Å². The quantitative estimate of drug-likeness (QED) is 0.813. The SMILES string of the molecule is CC(C)(C)OC(=O)[C@@H](O)[C@H](O)/C=C/c1ccccc1. The summed E-state index contributed by atoms with van der Waals surface area (Å²) in [5.41, 5.74) is 0.180. The highest BCUT2D eigenvalue weighted by molar-refractivity contribution is 5.76. The van der Waals surface area contributed by atoms with Gasteiger partial charge in [0.25, 0.3) is 0 Å². The van der Waals surface area contributed by atoms with Crippen LogP contribution in [0.25, 0.3) is 6.08 Å². The topological polar surface area (TPSA) is 66.8 Å². The van der Waals surface area contributed by atoms with E-state index < -0.39 is 23.8 Å². The lowest BCUT2D eigenvalue weighted by Gasteiger charge is -2.22. The van der Waals surface area contributed by atoms with Gasteiger partial charge in [0.05, 0.1) is 0 Å². The van der Waals surface area contributed by atoms with Gasteiger partial charge in [-0.1, -0.05) is 42.5 Å². The van der Waals surface area contributed by atoms with E-state index in [-0.39, 0.29) is 0 Å². The van der Waals surface area contributed by atoms with Crippen LogP contribution in [0.2, 0.25) is 0 Å². The Kier molecular flexibility index (Phi) is 5.27. The van der Waals surface area contributed by atoms with Crippen molar-refractivity contribution in [2.75, 3.05) is 0 Å². The fraction of sp³-hybridized carbons (Fsp3) is 0.400. The average molecular weight is 264 g/mol. The molecule has 4 heteroatoms. The molecular weight excluding hydrogens is 244 g/mol. The molecule has 4 nitrogen and oxygen atoms in total. The van der Waals surface area contributed by atoms with Crippen molar-refractivity contribution < 1.29 is 19.7 Å². The molecule has 0 saturated heterocycles. The van der Waals surface area contributed by atoms with Gasteiger partial charge in [-0.3, -0.25) is 0 Å². The second kappa shape index (κ2) is 6.50. The first-order valence-electron chi connectivity index (χ1n) is 6.12. The third-order valence-corrected chi connectivity index (χ3v) is 2.26. The van der Waals surface area contributed by atoms with Crippen molar-refractivity contribution in [1.82, 2.24) is 0 Å². The maximum absolute atomic E-state index is 11.5. The molecule has 2 atom stereocenters. The van der Waals surface area contributed by atoms with Crippen LogP contribution < -0.4 is 0 Å². The zero-order valence-corrected chi connectivity index (χ0v) is 11.4. The minimum atomic E-state index is -1.58. The molecule has 2 N–H and O–H groups in total. The molecular formula is C15H20O4. The van der Waals surface area contributed by atoms with Crippen molar-refractivity contribution in [3.63, 3.8) is 0 Å². The molecule has 19 heavy (non-hydrogen) atoms. The molecule has 0 radical (unpaired) electrons. The molecule has 0 unspecified atom stereocenters. The Balaban J connectivity index is 2.60. The van der Waals surface area contributed by atoms with E-state index in [0.29, 0.717) is 0 Å². The fourth-order valence-electron chi connectivity index (χ4n) is 1.38. The Hall–Kier alpha value is -1.65. The van der Waals surface area contributed by atoms with Gasteiger partial charge >= 0.3 is 5.97 Å². The zero-order chi connectivity index (χ0) is 14.5. The summed E-state index contributed by atoms with van der Waals surface area (Å²) < 4.78 is 4.99. The maximum atomic E-state index is 11.5. The summed E-state index contributed by atoms with van der Waals surface area (Å²) in [6.45, 7) is 5.09. The summed E-state index contributed by atoms with van der Waals surface area (Å²) in [5.74, 6) is -0.835. The van der Waals surface area contributed by atoms with Crippen molar-refractivity contribution >= 4 is 12.0 Å². The van der Waals surface area contributed by atoms with Crippen LogP contribution in [0.4, 0.5) is 0 Å². The van der Waals surface area contributed by atoms with Crippen molar-refractivity contribution in [2.45, 2.75) is 38.6 Å². The van der Waals surface area contributed by atoms with E-state index in [2.05, 4.69) is 0 Å². The van der Waals surface area contributed by atoms with Crippen LogP contribution in [-0.4, -0.2) is 34.0 Å². The normalized spacial score (nSPS) is 15.2. The van der Waals surface area contributed by atoms with Gasteiger partial charge in [0.1, 0.15) is 11.7 Å². The largest absolute Gasteiger partial charge is 0.458 e. The highest BCUT2D eigenvalue weighted by atomic mass is 16.6. The Morgan fingerprint density at radius 3 is 2.32 bits per heavy atom. The van der Waals surface area contributed by atoms with Crippen LogP contribution in [0, 0.1) is 0 Å². The van der Waals surface area contributed by atoms with E-state index in [1.54, 1.807) is 26.8 Å². The lowest BCUT2D eigenvalue weighted by atomic mass is 10.1. The highest BCUT2D eigenvalue weighted by Gasteiger charge is 2.27. The summed E-state index contributed by atoms with van der Waals surface area (Å²) in [5, 5.41) is 19.4. The second-order valence-electron chi connectivity index (χ2n) is 5.24. The minimum absolute atomic E-state index is 0.694. The molecule has 0 aliphatic rings. The molecule has 104 valence electrons. The van der Waals surface area contributed by atoms with Crippen LogP contribution in [0.15, 0.2) is 36.4 Å². The van der Waals surface area contributed by atoms with E-state index >= 15 is 0 Å². The number of esters is 1. The van der Waals surface area contributed by atoms with E-state index in [0.717, 1.165) is 5.56 Å². The third kappa shape index (κ3) is 5.68. The van der Waals surface area contributed by atoms with Gasteiger partial charge in [-0.05, 0) is 26.3 Å². The number of rotatable bonds is 4. The second-order valence-corrected chi connectivity index (χ2v) is 5.24. The summed E-state index contributed by atoms with van der Waals surface area (Å²) in [4.78, 5) is 11.5. The molecule has 1 aromatic carbocycles. The number of benzene rings is 1. The summed E-state index contributed by atoms with van der Waals surface area (Å²) in [6.07, 6.45) is 0.122. The lowest BCUT2D eigenvalue weighted by molar-refractivity contribution is -0.169. The average Bonchev–Trinajstić information content (AvgIpc) is 2.34. The predicted octanol–water partition coefficient (Wildman–Crippen LogP) is 1.76. The first-order valence-corrected chi connectivity index (χ1v) is 6.12. The van der Waals surface area contributed by atoms with E-state index in [9.17, 15) is 15.0 Å². The standard InChI is InChI=1S/C15H20O4/c1-15(2,3)19-14(18)13(17)12(16)10-9-11-7-5-4-6-8-11/h4-10,12-13,16-17H,1-3H3/b10-9+/t12-,13+/m1/s1. The molecule has 0 saturated carbocycles. The first kappa shape index (κ1) is 15.4. The maximum Gasteiger partial charge on any atom is 0.338 e.